The van der Waals surface area contributed by atoms with Gasteiger partial charge in [-0.15, -0.1) is 24.0 Å². The van der Waals surface area contributed by atoms with E-state index < -0.39 is 0 Å². The zero-order chi connectivity index (χ0) is 22.8. The fourth-order valence-corrected chi connectivity index (χ4v) is 3.28. The van der Waals surface area contributed by atoms with Gasteiger partial charge in [0.1, 0.15) is 5.75 Å². The van der Waals surface area contributed by atoms with Gasteiger partial charge in [-0.2, -0.15) is 5.10 Å². The molecular formula is C24H32IN5O3. The topological polar surface area (TPSA) is 81.9 Å². The summed E-state index contributed by atoms with van der Waals surface area (Å²) in [5.41, 5.74) is 3.20. The molecule has 0 aliphatic heterocycles. The van der Waals surface area contributed by atoms with Gasteiger partial charge in [-0.05, 0) is 43.2 Å². The molecule has 0 unspecified atom stereocenters. The van der Waals surface area contributed by atoms with E-state index in [0.29, 0.717) is 23.8 Å². The Hall–Kier alpha value is -2.95. The Morgan fingerprint density at radius 2 is 1.67 bits per heavy atom. The van der Waals surface area contributed by atoms with E-state index >= 15 is 0 Å². The average Bonchev–Trinajstić information content (AvgIpc) is 3.37. The van der Waals surface area contributed by atoms with Gasteiger partial charge >= 0.3 is 0 Å². The van der Waals surface area contributed by atoms with Crippen LogP contribution in [0.3, 0.4) is 0 Å². The minimum Gasteiger partial charge on any atom is -0.496 e. The molecule has 0 amide bonds. The molecule has 1 heterocycles. The van der Waals surface area contributed by atoms with E-state index in [1.165, 1.54) is 5.56 Å². The Labute approximate surface area is 212 Å². The van der Waals surface area contributed by atoms with Gasteiger partial charge in [0.15, 0.2) is 17.5 Å². The third-order valence-corrected chi connectivity index (χ3v) is 4.95. The summed E-state index contributed by atoms with van der Waals surface area (Å²) in [5.74, 6) is 2.73. The van der Waals surface area contributed by atoms with Gasteiger partial charge in [0.05, 0.1) is 33.6 Å². The van der Waals surface area contributed by atoms with Gasteiger partial charge in [0.2, 0.25) is 0 Å². The van der Waals surface area contributed by atoms with E-state index in [0.717, 1.165) is 36.7 Å². The number of nitrogens with zero attached hydrogens (tertiary/aromatic N) is 3. The van der Waals surface area contributed by atoms with E-state index in [9.17, 15) is 0 Å². The van der Waals surface area contributed by atoms with Crippen molar-refractivity contribution in [1.29, 1.82) is 0 Å². The first-order valence-electron chi connectivity index (χ1n) is 10.6. The molecular weight excluding hydrogens is 533 g/mol. The van der Waals surface area contributed by atoms with Crippen molar-refractivity contribution in [2.75, 3.05) is 34.4 Å². The molecule has 8 nitrogen and oxygen atoms in total. The van der Waals surface area contributed by atoms with Crippen LogP contribution in [0.5, 0.6) is 17.2 Å². The quantitative estimate of drug-likeness (QED) is 0.221. The van der Waals surface area contributed by atoms with Crippen LogP contribution >= 0.6 is 24.0 Å². The first-order chi connectivity index (χ1) is 15.7. The van der Waals surface area contributed by atoms with Crippen LogP contribution in [0, 0.1) is 0 Å². The standard InChI is InChI=1S/C24H31N5O3.HI/c1-5-25-24(27-17-19-15-22(31-3)23(32-4)16-21(19)30-2)26-13-11-18-7-9-20(10-8-18)29-14-6-12-28-29;/h6-10,12,14-16H,5,11,13,17H2,1-4H3,(H2,25,26,27);1H. The molecule has 0 spiro atoms. The Balaban J connectivity index is 0.00000385. The van der Waals surface area contributed by atoms with Crippen molar-refractivity contribution in [2.24, 2.45) is 4.99 Å². The van der Waals surface area contributed by atoms with Crippen molar-refractivity contribution in [3.05, 3.63) is 66.0 Å². The van der Waals surface area contributed by atoms with Crippen LogP contribution in [0.1, 0.15) is 18.1 Å². The van der Waals surface area contributed by atoms with Crippen molar-refractivity contribution in [1.82, 2.24) is 20.4 Å². The molecule has 9 heteroatoms. The summed E-state index contributed by atoms with van der Waals surface area (Å²) in [5, 5.41) is 10.9. The van der Waals surface area contributed by atoms with Gasteiger partial charge in [0, 0.05) is 37.1 Å². The summed E-state index contributed by atoms with van der Waals surface area (Å²) in [6.45, 7) is 4.02. The molecule has 0 aliphatic rings. The largest absolute Gasteiger partial charge is 0.496 e. The minimum atomic E-state index is 0. The lowest BCUT2D eigenvalue weighted by Crippen LogP contribution is -2.38. The zero-order valence-electron chi connectivity index (χ0n) is 19.5. The number of nitrogens with one attached hydrogen (secondary N) is 2. The SMILES string of the molecule is CCNC(=NCc1cc(OC)c(OC)cc1OC)NCCc1ccc(-n2cccn2)cc1.I. The van der Waals surface area contributed by atoms with E-state index in [1.54, 1.807) is 27.5 Å². The smallest absolute Gasteiger partial charge is 0.191 e. The van der Waals surface area contributed by atoms with Crippen molar-refractivity contribution < 1.29 is 14.2 Å². The normalized spacial score (nSPS) is 10.8. The highest BCUT2D eigenvalue weighted by Crippen LogP contribution is 2.34. The second kappa shape index (κ2) is 13.6. The third-order valence-electron chi connectivity index (χ3n) is 4.95. The molecule has 33 heavy (non-hydrogen) atoms. The second-order valence-corrected chi connectivity index (χ2v) is 7.01. The molecule has 2 aromatic carbocycles. The second-order valence-electron chi connectivity index (χ2n) is 7.01. The number of aliphatic imine (C=N–C) groups is 1. The van der Waals surface area contributed by atoms with Crippen LogP contribution < -0.4 is 24.8 Å². The fourth-order valence-electron chi connectivity index (χ4n) is 3.28. The van der Waals surface area contributed by atoms with E-state index in [2.05, 4.69) is 40.0 Å². The van der Waals surface area contributed by atoms with Crippen molar-refractivity contribution >= 4 is 29.9 Å². The van der Waals surface area contributed by atoms with Crippen molar-refractivity contribution in [3.63, 3.8) is 0 Å². The summed E-state index contributed by atoms with van der Waals surface area (Å²) in [7, 11) is 4.85. The molecule has 178 valence electrons. The zero-order valence-corrected chi connectivity index (χ0v) is 21.8. The molecule has 0 bridgehead atoms. The van der Waals surface area contributed by atoms with Crippen molar-refractivity contribution in [3.8, 4) is 22.9 Å². The van der Waals surface area contributed by atoms with Gasteiger partial charge < -0.3 is 24.8 Å². The van der Waals surface area contributed by atoms with Gasteiger partial charge in [0.25, 0.3) is 0 Å². The molecule has 3 rings (SSSR count). The Morgan fingerprint density at radius 1 is 0.970 bits per heavy atom. The van der Waals surface area contributed by atoms with Crippen LogP contribution in [0.4, 0.5) is 0 Å². The van der Waals surface area contributed by atoms with E-state index in [4.69, 9.17) is 19.2 Å². The molecule has 0 radical (unpaired) electrons. The lowest BCUT2D eigenvalue weighted by molar-refractivity contribution is 0.347. The number of halogens is 1. The van der Waals surface area contributed by atoms with Crippen LogP contribution in [0.25, 0.3) is 5.69 Å². The number of hydrogen-bond donors (Lipinski definition) is 2. The number of benzene rings is 2. The predicted molar refractivity (Wildman–Crippen MR) is 142 cm³/mol. The molecule has 2 N–H and O–H groups in total. The van der Waals surface area contributed by atoms with Crippen LogP contribution in [-0.4, -0.2) is 50.2 Å². The van der Waals surface area contributed by atoms with Gasteiger partial charge in [-0.3, -0.25) is 0 Å². The molecule has 0 aliphatic carbocycles. The Morgan fingerprint density at radius 3 is 2.27 bits per heavy atom. The van der Waals surface area contributed by atoms with Crippen LogP contribution in [0.15, 0.2) is 59.9 Å². The lowest BCUT2D eigenvalue weighted by atomic mass is 10.1. The maximum atomic E-state index is 5.50. The van der Waals surface area contributed by atoms with E-state index in [-0.39, 0.29) is 24.0 Å². The maximum Gasteiger partial charge on any atom is 0.191 e. The van der Waals surface area contributed by atoms with Crippen LogP contribution in [-0.2, 0) is 13.0 Å². The minimum absolute atomic E-state index is 0. The number of hydrogen-bond acceptors (Lipinski definition) is 5. The maximum absolute atomic E-state index is 5.50. The molecule has 0 saturated heterocycles. The highest BCUT2D eigenvalue weighted by atomic mass is 127. The number of methoxy groups -OCH3 is 3. The summed E-state index contributed by atoms with van der Waals surface area (Å²) in [6, 6.07) is 14.0. The predicted octanol–water partition coefficient (Wildman–Crippen LogP) is 3.81. The fraction of sp³-hybridized carbons (Fsp3) is 0.333. The van der Waals surface area contributed by atoms with Gasteiger partial charge in [-0.1, -0.05) is 12.1 Å². The summed E-state index contributed by atoms with van der Waals surface area (Å²) < 4.78 is 18.1. The van der Waals surface area contributed by atoms with Crippen molar-refractivity contribution in [2.45, 2.75) is 19.9 Å². The Bertz CT molecular complexity index is 1010. The molecule has 1 aromatic heterocycles. The number of ether oxygens (including phenoxy) is 3. The number of rotatable bonds is 10. The first-order valence-corrected chi connectivity index (χ1v) is 10.6. The lowest BCUT2D eigenvalue weighted by Gasteiger charge is -2.14. The van der Waals surface area contributed by atoms with E-state index in [1.807, 2.05) is 36.0 Å². The number of guanidine groups is 1. The summed E-state index contributed by atoms with van der Waals surface area (Å²) in [4.78, 5) is 4.71. The first kappa shape index (κ1) is 26.3. The Kier molecular flexibility index (Phi) is 10.8. The highest BCUT2D eigenvalue weighted by Gasteiger charge is 2.12. The molecule has 0 saturated carbocycles. The molecule has 3 aromatic rings. The average molecular weight is 565 g/mol. The summed E-state index contributed by atoms with van der Waals surface area (Å²) in [6.07, 6.45) is 4.59. The summed E-state index contributed by atoms with van der Waals surface area (Å²) >= 11 is 0. The molecule has 0 fully saturated rings. The van der Waals surface area contributed by atoms with Crippen LogP contribution in [0.2, 0.25) is 0 Å². The number of aromatic nitrogens is 2. The third kappa shape index (κ3) is 7.28. The monoisotopic (exact) mass is 565 g/mol. The van der Waals surface area contributed by atoms with Gasteiger partial charge in [-0.25, -0.2) is 9.67 Å². The molecule has 0 atom stereocenters. The highest BCUT2D eigenvalue weighted by molar-refractivity contribution is 14.0.